The van der Waals surface area contributed by atoms with Crippen LogP contribution in [0, 0.1) is 10.1 Å². The van der Waals surface area contributed by atoms with Crippen LogP contribution < -0.4 is 4.90 Å². The largest absolute Gasteiger partial charge is 0.352 e. The minimum atomic E-state index is -0.468. The van der Waals surface area contributed by atoms with Crippen molar-refractivity contribution >= 4 is 39.0 Å². The zero-order chi connectivity index (χ0) is 24.5. The molecule has 0 bridgehead atoms. The van der Waals surface area contributed by atoms with E-state index in [0.717, 1.165) is 55.4 Å². The predicted molar refractivity (Wildman–Crippen MR) is 137 cm³/mol. The lowest BCUT2D eigenvalue weighted by Crippen LogP contribution is -2.49. The summed E-state index contributed by atoms with van der Waals surface area (Å²) in [6, 6.07) is 5.97. The van der Waals surface area contributed by atoms with Crippen LogP contribution in [0.25, 0.3) is 10.2 Å². The van der Waals surface area contributed by atoms with Gasteiger partial charge in [0.2, 0.25) is 0 Å². The Balaban J connectivity index is 1.40. The zero-order valence-corrected chi connectivity index (χ0v) is 21.0. The molecule has 0 radical (unpaired) electrons. The number of piperazine rings is 1. The predicted octanol–water partition coefficient (Wildman–Crippen LogP) is 3.89. The quantitative estimate of drug-likeness (QED) is 0.379. The van der Waals surface area contributed by atoms with Crippen molar-refractivity contribution in [2.75, 3.05) is 44.2 Å². The molecule has 0 saturated carbocycles. The summed E-state index contributed by atoms with van der Waals surface area (Å²) < 4.78 is 0. The number of non-ortho nitro benzene ring substituents is 1. The van der Waals surface area contributed by atoms with Gasteiger partial charge in [0.1, 0.15) is 16.5 Å². The first-order valence-corrected chi connectivity index (χ1v) is 13.1. The van der Waals surface area contributed by atoms with Crippen molar-refractivity contribution in [1.82, 2.24) is 19.8 Å². The average molecular weight is 495 g/mol. The number of amides is 1. The van der Waals surface area contributed by atoms with Crippen LogP contribution in [0.2, 0.25) is 0 Å². The van der Waals surface area contributed by atoms with Crippen LogP contribution in [-0.4, -0.2) is 69.9 Å². The van der Waals surface area contributed by atoms with E-state index in [1.54, 1.807) is 28.4 Å². The first kappa shape index (κ1) is 23.6. The third-order valence-corrected chi connectivity index (χ3v) is 8.01. The van der Waals surface area contributed by atoms with E-state index in [1.165, 1.54) is 28.0 Å². The molecule has 1 amide bonds. The molecule has 1 aromatic carbocycles. The van der Waals surface area contributed by atoms with Gasteiger partial charge in [-0.2, -0.15) is 0 Å². The minimum Gasteiger partial charge on any atom is -0.352 e. The van der Waals surface area contributed by atoms with Crippen molar-refractivity contribution in [3.63, 3.8) is 0 Å². The van der Waals surface area contributed by atoms with Gasteiger partial charge < -0.3 is 9.80 Å². The molecule has 0 aliphatic carbocycles. The Morgan fingerprint density at radius 2 is 1.94 bits per heavy atom. The number of hydrogen-bond donors (Lipinski definition) is 0. The number of fused-ring (bicyclic) bond motifs is 3. The third-order valence-electron chi connectivity index (χ3n) is 6.90. The molecule has 5 rings (SSSR count). The number of likely N-dealkylation sites (N-methyl/N-ethyl adjacent to an activating group) is 1. The van der Waals surface area contributed by atoms with Crippen molar-refractivity contribution in [3.8, 4) is 0 Å². The summed E-state index contributed by atoms with van der Waals surface area (Å²) in [5.74, 6) is 1.72. The Bertz CT molecular complexity index is 1270. The molecule has 10 heteroatoms. The summed E-state index contributed by atoms with van der Waals surface area (Å²) in [5, 5.41) is 12.3. The van der Waals surface area contributed by atoms with Crippen molar-refractivity contribution in [2.24, 2.45) is 0 Å². The van der Waals surface area contributed by atoms with E-state index in [1.807, 2.05) is 0 Å². The Morgan fingerprint density at radius 1 is 1.14 bits per heavy atom. The van der Waals surface area contributed by atoms with Crippen LogP contribution in [0.4, 0.5) is 11.5 Å². The molecule has 0 spiro atoms. The summed E-state index contributed by atoms with van der Waals surface area (Å²) in [5.41, 5.74) is 1.68. The van der Waals surface area contributed by atoms with E-state index in [-0.39, 0.29) is 11.6 Å². The standard InChI is InChI=1S/C25H30N6O3S/c1-3-6-21-26-23(22-19-9-10-28(4-2)16-20(19)35-24(22)27-21)29-11-13-30(14-12-29)25(32)17-7-5-8-18(15-17)31(33)34/h5,7-8,15H,3-4,6,9-14,16H2,1-2H3. The highest BCUT2D eigenvalue weighted by molar-refractivity contribution is 7.19. The number of nitrogens with zero attached hydrogens (tertiary/aromatic N) is 6. The summed E-state index contributed by atoms with van der Waals surface area (Å²) in [6.07, 6.45) is 2.85. The smallest absolute Gasteiger partial charge is 0.270 e. The number of aryl methyl sites for hydroxylation is 1. The fraction of sp³-hybridized carbons (Fsp3) is 0.480. The molecule has 2 aliphatic rings. The van der Waals surface area contributed by atoms with Crippen LogP contribution in [0.5, 0.6) is 0 Å². The number of benzene rings is 1. The number of thiophene rings is 1. The number of nitro groups is 1. The van der Waals surface area contributed by atoms with Gasteiger partial charge in [-0.3, -0.25) is 19.8 Å². The van der Waals surface area contributed by atoms with Gasteiger partial charge in [0.25, 0.3) is 11.6 Å². The number of anilines is 1. The molecular weight excluding hydrogens is 464 g/mol. The molecule has 1 fully saturated rings. The molecule has 184 valence electrons. The van der Waals surface area contributed by atoms with Gasteiger partial charge in [0.15, 0.2) is 0 Å². The Morgan fingerprint density at radius 3 is 2.66 bits per heavy atom. The van der Waals surface area contributed by atoms with Crippen molar-refractivity contribution in [1.29, 1.82) is 0 Å². The Labute approximate surface area is 208 Å². The van der Waals surface area contributed by atoms with Gasteiger partial charge >= 0.3 is 0 Å². The number of nitro benzene ring substituents is 1. The van der Waals surface area contributed by atoms with Gasteiger partial charge in [0.05, 0.1) is 10.3 Å². The number of rotatable bonds is 6. The zero-order valence-electron chi connectivity index (χ0n) is 20.2. The first-order valence-electron chi connectivity index (χ1n) is 12.3. The molecule has 2 aliphatic heterocycles. The second kappa shape index (κ2) is 9.87. The fourth-order valence-electron chi connectivity index (χ4n) is 4.96. The number of aromatic nitrogens is 2. The summed E-state index contributed by atoms with van der Waals surface area (Å²) in [4.78, 5) is 42.6. The third kappa shape index (κ3) is 4.60. The lowest BCUT2D eigenvalue weighted by Gasteiger charge is -2.36. The SMILES string of the molecule is CCCc1nc(N2CCN(C(=O)c3cccc([N+](=O)[O-])c3)CC2)c2c3c(sc2n1)CN(CC)CC3. The summed E-state index contributed by atoms with van der Waals surface area (Å²) >= 11 is 1.80. The Hall–Kier alpha value is -3.11. The highest BCUT2D eigenvalue weighted by atomic mass is 32.1. The lowest BCUT2D eigenvalue weighted by atomic mass is 10.0. The van der Waals surface area contributed by atoms with E-state index >= 15 is 0 Å². The van der Waals surface area contributed by atoms with E-state index in [0.29, 0.717) is 31.7 Å². The van der Waals surface area contributed by atoms with Gasteiger partial charge in [-0.25, -0.2) is 9.97 Å². The topological polar surface area (TPSA) is 95.7 Å². The number of carbonyl (C=O) groups excluding carboxylic acids is 1. The maximum Gasteiger partial charge on any atom is 0.270 e. The molecule has 35 heavy (non-hydrogen) atoms. The van der Waals surface area contributed by atoms with Gasteiger partial charge in [-0.15, -0.1) is 11.3 Å². The maximum atomic E-state index is 13.0. The first-order chi connectivity index (χ1) is 17.0. The summed E-state index contributed by atoms with van der Waals surface area (Å²) in [7, 11) is 0. The molecule has 0 N–H and O–H groups in total. The molecule has 9 nitrogen and oxygen atoms in total. The fourth-order valence-corrected chi connectivity index (χ4v) is 6.24. The number of hydrogen-bond acceptors (Lipinski definition) is 8. The molecule has 0 unspecified atom stereocenters. The van der Waals surface area contributed by atoms with E-state index in [2.05, 4.69) is 23.6 Å². The normalized spacial score (nSPS) is 16.5. The van der Waals surface area contributed by atoms with Gasteiger partial charge in [-0.05, 0) is 31.0 Å². The monoisotopic (exact) mass is 494 g/mol. The van der Waals surface area contributed by atoms with Crippen LogP contribution in [0.1, 0.15) is 46.9 Å². The molecule has 4 heterocycles. The average Bonchev–Trinajstić information content (AvgIpc) is 3.25. The second-order valence-corrected chi connectivity index (χ2v) is 10.2. The van der Waals surface area contributed by atoms with Gasteiger partial charge in [0, 0.05) is 68.3 Å². The molecule has 0 atom stereocenters. The highest BCUT2D eigenvalue weighted by Gasteiger charge is 2.29. The molecular formula is C25H30N6O3S. The van der Waals surface area contributed by atoms with E-state index < -0.39 is 4.92 Å². The molecule has 2 aromatic heterocycles. The maximum absolute atomic E-state index is 13.0. The number of carbonyl (C=O) groups is 1. The van der Waals surface area contributed by atoms with Crippen molar-refractivity contribution < 1.29 is 9.72 Å². The molecule has 3 aromatic rings. The van der Waals surface area contributed by atoms with Crippen molar-refractivity contribution in [3.05, 3.63) is 56.2 Å². The van der Waals surface area contributed by atoms with Crippen LogP contribution in [0.3, 0.4) is 0 Å². The Kier molecular flexibility index (Phi) is 6.66. The molecule has 1 saturated heterocycles. The van der Waals surface area contributed by atoms with E-state index in [4.69, 9.17) is 9.97 Å². The van der Waals surface area contributed by atoms with Crippen molar-refractivity contribution in [2.45, 2.75) is 39.7 Å². The summed E-state index contributed by atoms with van der Waals surface area (Å²) in [6.45, 7) is 9.86. The second-order valence-electron chi connectivity index (χ2n) is 9.10. The van der Waals surface area contributed by atoms with E-state index in [9.17, 15) is 14.9 Å². The minimum absolute atomic E-state index is 0.0646. The lowest BCUT2D eigenvalue weighted by molar-refractivity contribution is -0.384. The van der Waals surface area contributed by atoms with Crippen LogP contribution >= 0.6 is 11.3 Å². The highest BCUT2D eigenvalue weighted by Crippen LogP contribution is 2.39. The van der Waals surface area contributed by atoms with Crippen LogP contribution in [-0.2, 0) is 19.4 Å². The van der Waals surface area contributed by atoms with Crippen LogP contribution in [0.15, 0.2) is 24.3 Å². The van der Waals surface area contributed by atoms with Gasteiger partial charge in [-0.1, -0.05) is 19.9 Å².